The number of piperazine rings is 1. The summed E-state index contributed by atoms with van der Waals surface area (Å²) in [4.78, 5) is 2.39. The lowest BCUT2D eigenvalue weighted by Crippen LogP contribution is -2.46. The summed E-state index contributed by atoms with van der Waals surface area (Å²) in [6.45, 7) is 7.98. The van der Waals surface area contributed by atoms with Crippen molar-refractivity contribution in [1.82, 2.24) is 10.2 Å². The topological polar surface area (TPSA) is 24.5 Å². The van der Waals surface area contributed by atoms with E-state index in [4.69, 9.17) is 0 Å². The van der Waals surface area contributed by atoms with Gasteiger partial charge in [0.2, 0.25) is 0 Å². The van der Waals surface area contributed by atoms with Crippen molar-refractivity contribution >= 4 is 12.4 Å². The zero-order valence-corrected chi connectivity index (χ0v) is 15.9. The van der Waals surface area contributed by atoms with E-state index < -0.39 is 12.5 Å². The molecule has 0 aliphatic carbocycles. The van der Waals surface area contributed by atoms with Crippen molar-refractivity contribution in [2.24, 2.45) is 5.92 Å². The molecule has 26 heavy (non-hydrogen) atoms. The number of nitrogens with zero attached hydrogens (tertiary/aromatic N) is 1. The maximum atomic E-state index is 13.0. The van der Waals surface area contributed by atoms with E-state index >= 15 is 0 Å². The molecule has 1 aromatic rings. The molecule has 0 saturated carbocycles. The molecular formula is C18H27ClF4N2O. The van der Waals surface area contributed by atoms with E-state index in [0.717, 1.165) is 44.6 Å². The highest BCUT2D eigenvalue weighted by Gasteiger charge is 2.44. The Morgan fingerprint density at radius 2 is 1.73 bits per heavy atom. The maximum absolute atomic E-state index is 13.0. The molecule has 8 heteroatoms. The number of halogens is 5. The fourth-order valence-corrected chi connectivity index (χ4v) is 3.41. The summed E-state index contributed by atoms with van der Waals surface area (Å²) >= 11 is 0. The average Bonchev–Trinajstić information content (AvgIpc) is 2.57. The van der Waals surface area contributed by atoms with E-state index in [0.29, 0.717) is 5.92 Å². The van der Waals surface area contributed by atoms with Crippen molar-refractivity contribution in [3.05, 3.63) is 29.8 Å². The second-order valence-electron chi connectivity index (χ2n) is 6.53. The molecule has 2 atom stereocenters. The molecule has 3 nitrogen and oxygen atoms in total. The maximum Gasteiger partial charge on any atom is 0.461 e. The third-order valence-corrected chi connectivity index (χ3v) is 4.56. The largest absolute Gasteiger partial charge is 0.461 e. The number of benzene rings is 1. The summed E-state index contributed by atoms with van der Waals surface area (Å²) < 4.78 is 54.7. The first-order chi connectivity index (χ1) is 11.8. The predicted molar refractivity (Wildman–Crippen MR) is 96.5 cm³/mol. The van der Waals surface area contributed by atoms with Crippen LogP contribution >= 0.6 is 12.4 Å². The highest BCUT2D eigenvalue weighted by molar-refractivity contribution is 5.85. The third-order valence-electron chi connectivity index (χ3n) is 4.56. The molecular weight excluding hydrogens is 372 g/mol. The van der Waals surface area contributed by atoms with Crippen LogP contribution in [0.2, 0.25) is 0 Å². The second kappa shape index (κ2) is 10.3. The van der Waals surface area contributed by atoms with Gasteiger partial charge < -0.3 is 10.1 Å². The predicted octanol–water partition coefficient (Wildman–Crippen LogP) is 4.73. The van der Waals surface area contributed by atoms with Gasteiger partial charge in [-0.25, -0.2) is 0 Å². The van der Waals surface area contributed by atoms with Gasteiger partial charge in [0.25, 0.3) is 0 Å². The summed E-state index contributed by atoms with van der Waals surface area (Å²) in [7, 11) is 0. The van der Waals surface area contributed by atoms with Gasteiger partial charge in [0.15, 0.2) is 0 Å². The molecule has 2 rings (SSSR count). The van der Waals surface area contributed by atoms with Crippen LogP contribution in [-0.4, -0.2) is 43.6 Å². The smallest absolute Gasteiger partial charge is 0.428 e. The lowest BCUT2D eigenvalue weighted by Gasteiger charge is -2.38. The molecule has 1 saturated heterocycles. The first-order valence-corrected chi connectivity index (χ1v) is 8.75. The molecule has 0 aromatic heterocycles. The van der Waals surface area contributed by atoms with E-state index in [1.54, 1.807) is 12.1 Å². The average molecular weight is 399 g/mol. The summed E-state index contributed by atoms with van der Waals surface area (Å²) in [6, 6.07) is 6.27. The quantitative estimate of drug-likeness (QED) is 0.641. The highest BCUT2D eigenvalue weighted by Crippen LogP contribution is 2.34. The van der Waals surface area contributed by atoms with Crippen LogP contribution in [0.5, 0.6) is 5.75 Å². The molecule has 0 spiro atoms. The van der Waals surface area contributed by atoms with Gasteiger partial charge in [0, 0.05) is 32.2 Å². The van der Waals surface area contributed by atoms with Gasteiger partial charge in [-0.3, -0.25) is 4.90 Å². The Labute approximate surface area is 158 Å². The number of rotatable bonds is 8. The first-order valence-electron chi connectivity index (χ1n) is 8.75. The van der Waals surface area contributed by atoms with E-state index in [1.807, 2.05) is 0 Å². The number of hydrogen-bond donors (Lipinski definition) is 1. The zero-order chi connectivity index (χ0) is 18.4. The Morgan fingerprint density at radius 1 is 1.15 bits per heavy atom. The normalized spacial score (nSPS) is 18.3. The number of nitrogens with one attached hydrogen (secondary N) is 1. The van der Waals surface area contributed by atoms with Crippen molar-refractivity contribution in [3.63, 3.8) is 0 Å². The van der Waals surface area contributed by atoms with Crippen LogP contribution in [0.3, 0.4) is 0 Å². The standard InChI is InChI=1S/C18H26F4N2O.ClH/c1-3-4-13(2)16(24-11-9-23-10-12-24)14-5-7-15(8-6-14)25-18(21,22)17(19)20;/h5-8,13,16-17,23H,3-4,9-12H2,1-2H3;1H/t13?,16-;/m1./s1. The van der Waals surface area contributed by atoms with Crippen LogP contribution in [0.15, 0.2) is 24.3 Å². The van der Waals surface area contributed by atoms with Crippen molar-refractivity contribution in [1.29, 1.82) is 0 Å². The molecule has 1 aliphatic heterocycles. The van der Waals surface area contributed by atoms with E-state index in [2.05, 4.69) is 28.8 Å². The van der Waals surface area contributed by atoms with Crippen LogP contribution in [0.1, 0.15) is 38.3 Å². The van der Waals surface area contributed by atoms with Gasteiger partial charge in [-0.1, -0.05) is 32.4 Å². The zero-order valence-electron chi connectivity index (χ0n) is 15.1. The van der Waals surface area contributed by atoms with Crippen molar-refractivity contribution in [2.45, 2.75) is 45.3 Å². The SMILES string of the molecule is CCCC(C)[C@H](c1ccc(OC(F)(F)C(F)F)cc1)N1CCNCC1.Cl. The van der Waals surface area contributed by atoms with E-state index in [9.17, 15) is 17.6 Å². The molecule has 1 N–H and O–H groups in total. The summed E-state index contributed by atoms with van der Waals surface area (Å²) in [5, 5.41) is 3.32. The Bertz CT molecular complexity index is 524. The fourth-order valence-electron chi connectivity index (χ4n) is 3.41. The van der Waals surface area contributed by atoms with Gasteiger partial charge in [-0.2, -0.15) is 17.6 Å². The van der Waals surface area contributed by atoms with Gasteiger partial charge >= 0.3 is 12.5 Å². The molecule has 1 aliphatic rings. The minimum atomic E-state index is -4.48. The molecule has 0 radical (unpaired) electrons. The van der Waals surface area contributed by atoms with Gasteiger partial charge in [-0.15, -0.1) is 12.4 Å². The van der Waals surface area contributed by atoms with Gasteiger partial charge in [0.05, 0.1) is 0 Å². The Hall–Kier alpha value is -1.05. The van der Waals surface area contributed by atoms with E-state index in [1.165, 1.54) is 12.1 Å². The van der Waals surface area contributed by atoms with Crippen LogP contribution in [0, 0.1) is 5.92 Å². The highest BCUT2D eigenvalue weighted by atomic mass is 35.5. The summed E-state index contributed by atoms with van der Waals surface area (Å²) in [5.41, 5.74) is 0.996. The Kier molecular flexibility index (Phi) is 9.13. The molecule has 1 aromatic carbocycles. The summed E-state index contributed by atoms with van der Waals surface area (Å²) in [6.07, 6.45) is -6.22. The minimum absolute atomic E-state index is 0. The minimum Gasteiger partial charge on any atom is -0.428 e. The number of hydrogen-bond acceptors (Lipinski definition) is 3. The van der Waals surface area contributed by atoms with Crippen molar-refractivity contribution in [3.8, 4) is 5.75 Å². The third kappa shape index (κ3) is 5.99. The molecule has 1 fully saturated rings. The van der Waals surface area contributed by atoms with Crippen LogP contribution in [0.4, 0.5) is 17.6 Å². The molecule has 0 amide bonds. The molecule has 1 heterocycles. The lowest BCUT2D eigenvalue weighted by atomic mass is 9.89. The van der Waals surface area contributed by atoms with Crippen molar-refractivity contribution < 1.29 is 22.3 Å². The van der Waals surface area contributed by atoms with Gasteiger partial charge in [0.1, 0.15) is 5.75 Å². The Morgan fingerprint density at radius 3 is 2.23 bits per heavy atom. The molecule has 1 unspecified atom stereocenters. The monoisotopic (exact) mass is 398 g/mol. The Balaban J connectivity index is 0.00000338. The lowest BCUT2D eigenvalue weighted by molar-refractivity contribution is -0.253. The number of alkyl halides is 4. The van der Waals surface area contributed by atoms with Crippen molar-refractivity contribution in [2.75, 3.05) is 26.2 Å². The van der Waals surface area contributed by atoms with E-state index in [-0.39, 0.29) is 24.2 Å². The van der Waals surface area contributed by atoms with Gasteiger partial charge in [-0.05, 0) is 30.0 Å². The summed E-state index contributed by atoms with van der Waals surface area (Å²) in [5.74, 6) is 0.147. The van der Waals surface area contributed by atoms with Crippen LogP contribution in [0.25, 0.3) is 0 Å². The number of ether oxygens (including phenoxy) is 1. The van der Waals surface area contributed by atoms with Crippen LogP contribution < -0.4 is 10.1 Å². The first kappa shape index (κ1) is 23.0. The molecule has 150 valence electrons. The molecule has 0 bridgehead atoms. The van der Waals surface area contributed by atoms with Crippen LogP contribution in [-0.2, 0) is 0 Å². The fraction of sp³-hybridized carbons (Fsp3) is 0.667. The second-order valence-corrected chi connectivity index (χ2v) is 6.53.